The normalized spacial score (nSPS) is 19.0. The number of likely N-dealkylation sites (tertiary alicyclic amines) is 1. The number of aliphatic hydroxyl groups is 1. The van der Waals surface area contributed by atoms with Crippen molar-refractivity contribution >= 4 is 5.78 Å². The van der Waals surface area contributed by atoms with Crippen molar-refractivity contribution in [1.82, 2.24) is 4.90 Å². The number of nitrogens with zero attached hydrogens (tertiary/aromatic N) is 1. The molecule has 0 aliphatic carbocycles. The van der Waals surface area contributed by atoms with E-state index in [0.717, 1.165) is 25.8 Å². The van der Waals surface area contributed by atoms with Gasteiger partial charge in [0.1, 0.15) is 0 Å². The Bertz CT molecular complexity index is 503. The molecule has 0 aromatic heterocycles. The Hall–Kier alpha value is -1.59. The van der Waals surface area contributed by atoms with E-state index in [2.05, 4.69) is 4.90 Å². The highest BCUT2D eigenvalue weighted by Gasteiger charge is 2.24. The minimum Gasteiger partial charge on any atom is -0.493 e. The van der Waals surface area contributed by atoms with E-state index in [1.54, 1.807) is 25.3 Å². The zero-order valence-corrected chi connectivity index (χ0v) is 13.4. The third-order valence-corrected chi connectivity index (χ3v) is 4.09. The first kappa shape index (κ1) is 16.8. The molecule has 122 valence electrons. The van der Waals surface area contributed by atoms with Gasteiger partial charge in [-0.15, -0.1) is 0 Å². The standard InChI is InChI=1S/C17H25NO4/c1-3-22-17-10-13(7-8-16(17)21-2)15(20)11-18-9-5-4-6-14(18)12-19/h7-8,10,14,19H,3-6,9,11-12H2,1-2H3/t14-/m0/s1. The smallest absolute Gasteiger partial charge is 0.176 e. The molecule has 1 aromatic carbocycles. The van der Waals surface area contributed by atoms with Gasteiger partial charge in [-0.3, -0.25) is 9.69 Å². The summed E-state index contributed by atoms with van der Waals surface area (Å²) in [5, 5.41) is 9.44. The molecule has 1 aromatic rings. The fourth-order valence-electron chi connectivity index (χ4n) is 2.87. The minimum atomic E-state index is 0.0453. The number of piperidine rings is 1. The van der Waals surface area contributed by atoms with Crippen LogP contribution in [0.15, 0.2) is 18.2 Å². The molecule has 1 N–H and O–H groups in total. The summed E-state index contributed by atoms with van der Waals surface area (Å²) in [5.41, 5.74) is 0.617. The van der Waals surface area contributed by atoms with Crippen molar-refractivity contribution in [3.05, 3.63) is 23.8 Å². The molecule has 0 radical (unpaired) electrons. The Morgan fingerprint density at radius 1 is 1.36 bits per heavy atom. The average molecular weight is 307 g/mol. The number of carbonyl (C=O) groups excluding carboxylic acids is 1. The molecule has 0 amide bonds. The van der Waals surface area contributed by atoms with Crippen molar-refractivity contribution in [2.75, 3.05) is 33.4 Å². The monoisotopic (exact) mass is 307 g/mol. The second kappa shape index (κ2) is 8.15. The fourth-order valence-corrected chi connectivity index (χ4v) is 2.87. The summed E-state index contributed by atoms with van der Waals surface area (Å²) in [5.74, 6) is 1.27. The van der Waals surface area contributed by atoms with Crippen LogP contribution in [0.5, 0.6) is 11.5 Å². The highest BCUT2D eigenvalue weighted by Crippen LogP contribution is 2.28. The number of aliphatic hydroxyl groups excluding tert-OH is 1. The molecule has 1 atom stereocenters. The molecule has 5 nitrogen and oxygen atoms in total. The van der Waals surface area contributed by atoms with Crippen molar-refractivity contribution in [3.8, 4) is 11.5 Å². The number of hydrogen-bond acceptors (Lipinski definition) is 5. The second-order valence-electron chi connectivity index (χ2n) is 5.52. The molecule has 1 saturated heterocycles. The maximum atomic E-state index is 12.5. The van der Waals surface area contributed by atoms with Crippen LogP contribution >= 0.6 is 0 Å². The number of hydrogen-bond donors (Lipinski definition) is 1. The molecule has 0 bridgehead atoms. The molecule has 5 heteroatoms. The first-order valence-corrected chi connectivity index (χ1v) is 7.88. The van der Waals surface area contributed by atoms with Crippen LogP contribution in [0.1, 0.15) is 36.5 Å². The van der Waals surface area contributed by atoms with Crippen molar-refractivity contribution in [1.29, 1.82) is 0 Å². The third kappa shape index (κ3) is 3.99. The summed E-state index contributed by atoms with van der Waals surface area (Å²) in [6, 6.07) is 5.37. The Kier molecular flexibility index (Phi) is 6.21. The Morgan fingerprint density at radius 2 is 2.18 bits per heavy atom. The summed E-state index contributed by atoms with van der Waals surface area (Å²) < 4.78 is 10.8. The Balaban J connectivity index is 2.10. The second-order valence-corrected chi connectivity index (χ2v) is 5.52. The SMILES string of the molecule is CCOc1cc(C(=O)CN2CCCC[C@H]2CO)ccc1OC. The van der Waals surface area contributed by atoms with E-state index in [1.807, 2.05) is 6.92 Å². The first-order valence-electron chi connectivity index (χ1n) is 7.88. The van der Waals surface area contributed by atoms with Gasteiger partial charge >= 0.3 is 0 Å². The van der Waals surface area contributed by atoms with Crippen LogP contribution in [0, 0.1) is 0 Å². The van der Waals surface area contributed by atoms with Crippen LogP contribution in [-0.4, -0.2) is 55.2 Å². The number of Topliss-reactive ketones (excluding diaryl/α,β-unsaturated/α-hetero) is 1. The van der Waals surface area contributed by atoms with Crippen LogP contribution < -0.4 is 9.47 Å². The van der Waals surface area contributed by atoms with Crippen LogP contribution in [0.25, 0.3) is 0 Å². The van der Waals surface area contributed by atoms with Gasteiger partial charge in [-0.2, -0.15) is 0 Å². The molecular weight excluding hydrogens is 282 g/mol. The minimum absolute atomic E-state index is 0.0453. The van der Waals surface area contributed by atoms with Crippen molar-refractivity contribution in [2.24, 2.45) is 0 Å². The van der Waals surface area contributed by atoms with E-state index in [0.29, 0.717) is 30.2 Å². The van der Waals surface area contributed by atoms with E-state index in [1.165, 1.54) is 0 Å². The van der Waals surface area contributed by atoms with Gasteiger partial charge in [0, 0.05) is 11.6 Å². The van der Waals surface area contributed by atoms with Crippen LogP contribution in [0.4, 0.5) is 0 Å². The van der Waals surface area contributed by atoms with Crippen molar-refractivity contribution in [3.63, 3.8) is 0 Å². The van der Waals surface area contributed by atoms with Gasteiger partial charge in [0.15, 0.2) is 17.3 Å². The third-order valence-electron chi connectivity index (χ3n) is 4.09. The molecule has 2 rings (SSSR count). The van der Waals surface area contributed by atoms with E-state index in [-0.39, 0.29) is 18.4 Å². The Labute approximate surface area is 131 Å². The molecule has 1 aliphatic rings. The van der Waals surface area contributed by atoms with Crippen molar-refractivity contribution < 1.29 is 19.4 Å². The summed E-state index contributed by atoms with van der Waals surface area (Å²) in [6.45, 7) is 3.73. The van der Waals surface area contributed by atoms with E-state index in [4.69, 9.17) is 9.47 Å². The molecule has 0 unspecified atom stereocenters. The number of ether oxygens (including phenoxy) is 2. The zero-order valence-electron chi connectivity index (χ0n) is 13.4. The summed E-state index contributed by atoms with van der Waals surface area (Å²) in [6.07, 6.45) is 3.15. The zero-order chi connectivity index (χ0) is 15.9. The van der Waals surface area contributed by atoms with Gasteiger partial charge in [0.05, 0.1) is 26.9 Å². The first-order chi connectivity index (χ1) is 10.7. The van der Waals surface area contributed by atoms with Crippen molar-refractivity contribution in [2.45, 2.75) is 32.2 Å². The van der Waals surface area contributed by atoms with E-state index >= 15 is 0 Å². The van der Waals surface area contributed by atoms with Gasteiger partial charge in [-0.1, -0.05) is 6.42 Å². The van der Waals surface area contributed by atoms with Gasteiger partial charge in [-0.05, 0) is 44.5 Å². The topological polar surface area (TPSA) is 59.0 Å². The number of benzene rings is 1. The van der Waals surface area contributed by atoms with E-state index in [9.17, 15) is 9.90 Å². The van der Waals surface area contributed by atoms with Crippen LogP contribution in [0.2, 0.25) is 0 Å². The van der Waals surface area contributed by atoms with Crippen LogP contribution in [-0.2, 0) is 0 Å². The maximum Gasteiger partial charge on any atom is 0.176 e. The quantitative estimate of drug-likeness (QED) is 0.782. The number of ketones is 1. The highest BCUT2D eigenvalue weighted by atomic mass is 16.5. The molecule has 0 saturated carbocycles. The molecule has 1 heterocycles. The molecule has 22 heavy (non-hydrogen) atoms. The summed E-state index contributed by atoms with van der Waals surface area (Å²) in [4.78, 5) is 14.6. The maximum absolute atomic E-state index is 12.5. The lowest BCUT2D eigenvalue weighted by molar-refractivity contribution is 0.0711. The fraction of sp³-hybridized carbons (Fsp3) is 0.588. The lowest BCUT2D eigenvalue weighted by Gasteiger charge is -2.33. The predicted molar refractivity (Wildman–Crippen MR) is 84.8 cm³/mol. The van der Waals surface area contributed by atoms with Gasteiger partial charge in [0.25, 0.3) is 0 Å². The van der Waals surface area contributed by atoms with Crippen LogP contribution in [0.3, 0.4) is 0 Å². The van der Waals surface area contributed by atoms with Gasteiger partial charge in [-0.25, -0.2) is 0 Å². The van der Waals surface area contributed by atoms with Gasteiger partial charge < -0.3 is 14.6 Å². The molecule has 1 aliphatic heterocycles. The predicted octanol–water partition coefficient (Wildman–Crippen LogP) is 2.12. The molecule has 0 spiro atoms. The lowest BCUT2D eigenvalue weighted by atomic mass is 10.0. The molecule has 1 fully saturated rings. The molecular formula is C17H25NO4. The largest absolute Gasteiger partial charge is 0.493 e. The van der Waals surface area contributed by atoms with E-state index < -0.39 is 0 Å². The summed E-state index contributed by atoms with van der Waals surface area (Å²) in [7, 11) is 1.58. The van der Waals surface area contributed by atoms with Gasteiger partial charge in [0.2, 0.25) is 0 Å². The average Bonchev–Trinajstić information content (AvgIpc) is 2.55. The highest BCUT2D eigenvalue weighted by molar-refractivity contribution is 5.98. The number of rotatable bonds is 7. The lowest BCUT2D eigenvalue weighted by Crippen LogP contribution is -2.44. The number of methoxy groups -OCH3 is 1. The Morgan fingerprint density at radius 3 is 2.86 bits per heavy atom. The number of carbonyl (C=O) groups is 1. The summed E-state index contributed by atoms with van der Waals surface area (Å²) >= 11 is 0.